The number of rotatable bonds is 8. The molecule has 0 aliphatic rings. The second kappa shape index (κ2) is 8.72. The first kappa shape index (κ1) is 19.1. The third-order valence-electron chi connectivity index (χ3n) is 3.87. The average molecular weight is 359 g/mol. The summed E-state index contributed by atoms with van der Waals surface area (Å²) in [5.41, 5.74) is 2.47. The lowest BCUT2D eigenvalue weighted by Crippen LogP contribution is -2.29. The zero-order chi connectivity index (χ0) is 18.3. The molecule has 0 saturated heterocycles. The Morgan fingerprint density at radius 1 is 1.08 bits per heavy atom. The van der Waals surface area contributed by atoms with E-state index in [0.717, 1.165) is 29.7 Å². The maximum absolute atomic E-state index is 12.4. The van der Waals surface area contributed by atoms with Gasteiger partial charge in [-0.3, -0.25) is 4.31 Å². The lowest BCUT2D eigenvalue weighted by molar-refractivity contribution is 0.414. The molecule has 134 valence electrons. The fourth-order valence-electron chi connectivity index (χ4n) is 2.53. The first-order valence-electron chi connectivity index (χ1n) is 8.34. The Labute approximate surface area is 150 Å². The van der Waals surface area contributed by atoms with Crippen molar-refractivity contribution in [2.75, 3.05) is 19.9 Å². The molecule has 0 aliphatic carbocycles. The molecule has 2 aromatic carbocycles. The SMILES string of the molecule is CCCCN(/C(=C/c1ccccc1)c1ccc(OC)cc1)S(C)(=O)=O. The molecule has 0 radical (unpaired) electrons. The van der Waals surface area contributed by atoms with Gasteiger partial charge in [-0.2, -0.15) is 0 Å². The molecule has 0 bridgehead atoms. The standard InChI is InChI=1S/C20H25NO3S/c1-4-5-15-21(25(3,22)23)20(16-17-9-7-6-8-10-17)18-11-13-19(24-2)14-12-18/h6-14,16H,4-5,15H2,1-3H3/b20-16+. The minimum atomic E-state index is -3.39. The summed E-state index contributed by atoms with van der Waals surface area (Å²) in [6.45, 7) is 2.51. The fourth-order valence-corrected chi connectivity index (χ4v) is 3.51. The fraction of sp³-hybridized carbons (Fsp3) is 0.300. The van der Waals surface area contributed by atoms with E-state index in [4.69, 9.17) is 4.74 Å². The number of methoxy groups -OCH3 is 1. The van der Waals surface area contributed by atoms with Crippen molar-refractivity contribution < 1.29 is 13.2 Å². The first-order valence-corrected chi connectivity index (χ1v) is 10.2. The van der Waals surface area contributed by atoms with Crippen LogP contribution in [0, 0.1) is 0 Å². The van der Waals surface area contributed by atoms with Crippen LogP contribution in [0.5, 0.6) is 5.75 Å². The Kier molecular flexibility index (Phi) is 6.65. The summed E-state index contributed by atoms with van der Waals surface area (Å²) in [4.78, 5) is 0. The van der Waals surface area contributed by atoms with Crippen LogP contribution in [0.3, 0.4) is 0 Å². The molecule has 4 nitrogen and oxygen atoms in total. The van der Waals surface area contributed by atoms with Gasteiger partial charge in [0.2, 0.25) is 10.0 Å². The third kappa shape index (κ3) is 5.36. The summed E-state index contributed by atoms with van der Waals surface area (Å²) >= 11 is 0. The number of nitrogens with zero attached hydrogens (tertiary/aromatic N) is 1. The Bertz CT molecular complexity index is 797. The number of sulfonamides is 1. The van der Waals surface area contributed by atoms with Crippen molar-refractivity contribution in [1.29, 1.82) is 0 Å². The molecule has 0 spiro atoms. The highest BCUT2D eigenvalue weighted by Gasteiger charge is 2.20. The minimum Gasteiger partial charge on any atom is -0.497 e. The van der Waals surface area contributed by atoms with Gasteiger partial charge in [-0.05, 0) is 47.9 Å². The Morgan fingerprint density at radius 3 is 2.24 bits per heavy atom. The maximum Gasteiger partial charge on any atom is 0.232 e. The van der Waals surface area contributed by atoms with Gasteiger partial charge in [0.15, 0.2) is 0 Å². The van der Waals surface area contributed by atoms with Crippen molar-refractivity contribution in [2.45, 2.75) is 19.8 Å². The molecule has 2 rings (SSSR count). The molecular formula is C20H25NO3S. The van der Waals surface area contributed by atoms with Gasteiger partial charge in [0, 0.05) is 6.54 Å². The first-order chi connectivity index (χ1) is 12.0. The second-order valence-electron chi connectivity index (χ2n) is 5.86. The van der Waals surface area contributed by atoms with Crippen LogP contribution in [-0.4, -0.2) is 32.6 Å². The predicted molar refractivity (Wildman–Crippen MR) is 104 cm³/mol. The van der Waals surface area contributed by atoms with Gasteiger partial charge in [-0.1, -0.05) is 43.7 Å². The third-order valence-corrected chi connectivity index (χ3v) is 5.05. The zero-order valence-electron chi connectivity index (χ0n) is 15.0. The van der Waals surface area contributed by atoms with Crippen molar-refractivity contribution in [3.63, 3.8) is 0 Å². The Morgan fingerprint density at radius 2 is 1.72 bits per heavy atom. The molecular weight excluding hydrogens is 334 g/mol. The molecule has 0 aromatic heterocycles. The van der Waals surface area contributed by atoms with Gasteiger partial charge in [-0.25, -0.2) is 8.42 Å². The van der Waals surface area contributed by atoms with E-state index in [1.807, 2.05) is 60.7 Å². The summed E-state index contributed by atoms with van der Waals surface area (Å²) in [5.74, 6) is 0.738. The minimum absolute atomic E-state index is 0.458. The zero-order valence-corrected chi connectivity index (χ0v) is 15.8. The summed E-state index contributed by atoms with van der Waals surface area (Å²) < 4.78 is 31.6. The van der Waals surface area contributed by atoms with Crippen LogP contribution >= 0.6 is 0 Å². The van der Waals surface area contributed by atoms with E-state index < -0.39 is 10.0 Å². The van der Waals surface area contributed by atoms with Crippen LogP contribution in [0.2, 0.25) is 0 Å². The molecule has 0 saturated carbocycles. The van der Waals surface area contributed by atoms with Gasteiger partial charge in [0.05, 0.1) is 19.1 Å². The topological polar surface area (TPSA) is 46.6 Å². The highest BCUT2D eigenvalue weighted by atomic mass is 32.2. The van der Waals surface area contributed by atoms with Crippen LogP contribution in [0.25, 0.3) is 11.8 Å². The lowest BCUT2D eigenvalue weighted by atomic mass is 10.1. The van der Waals surface area contributed by atoms with Gasteiger partial charge in [0.25, 0.3) is 0 Å². The van der Waals surface area contributed by atoms with Gasteiger partial charge >= 0.3 is 0 Å². The van der Waals surface area contributed by atoms with E-state index in [-0.39, 0.29) is 0 Å². The smallest absolute Gasteiger partial charge is 0.232 e. The number of benzene rings is 2. The molecule has 0 amide bonds. The second-order valence-corrected chi connectivity index (χ2v) is 7.76. The van der Waals surface area contributed by atoms with Crippen molar-refractivity contribution in [3.8, 4) is 5.75 Å². The molecule has 0 fully saturated rings. The average Bonchev–Trinajstić information content (AvgIpc) is 2.61. The van der Waals surface area contributed by atoms with Gasteiger partial charge in [0.1, 0.15) is 5.75 Å². The van der Waals surface area contributed by atoms with Gasteiger partial charge in [-0.15, -0.1) is 0 Å². The highest BCUT2D eigenvalue weighted by molar-refractivity contribution is 7.88. The Hall–Kier alpha value is -2.27. The van der Waals surface area contributed by atoms with E-state index in [1.165, 1.54) is 10.6 Å². The number of hydrogen-bond donors (Lipinski definition) is 0. The van der Waals surface area contributed by atoms with E-state index in [1.54, 1.807) is 7.11 Å². The molecule has 0 unspecified atom stereocenters. The summed E-state index contributed by atoms with van der Waals surface area (Å²) in [6.07, 6.45) is 4.89. The number of unbranched alkanes of at least 4 members (excludes halogenated alkanes) is 1. The van der Waals surface area contributed by atoms with Crippen LogP contribution in [0.15, 0.2) is 54.6 Å². The maximum atomic E-state index is 12.4. The van der Waals surface area contributed by atoms with E-state index in [9.17, 15) is 8.42 Å². The van der Waals surface area contributed by atoms with Gasteiger partial charge < -0.3 is 4.74 Å². The monoisotopic (exact) mass is 359 g/mol. The summed E-state index contributed by atoms with van der Waals surface area (Å²) in [7, 11) is -1.78. The molecule has 0 N–H and O–H groups in total. The van der Waals surface area contributed by atoms with Crippen LogP contribution in [0.4, 0.5) is 0 Å². The molecule has 0 aliphatic heterocycles. The van der Waals surface area contributed by atoms with Crippen LogP contribution in [-0.2, 0) is 10.0 Å². The molecule has 5 heteroatoms. The Balaban J connectivity index is 2.55. The van der Waals surface area contributed by atoms with E-state index >= 15 is 0 Å². The van der Waals surface area contributed by atoms with Crippen molar-refractivity contribution >= 4 is 21.8 Å². The largest absolute Gasteiger partial charge is 0.497 e. The summed E-state index contributed by atoms with van der Waals surface area (Å²) in [5, 5.41) is 0. The van der Waals surface area contributed by atoms with E-state index in [0.29, 0.717) is 12.2 Å². The van der Waals surface area contributed by atoms with E-state index in [2.05, 4.69) is 6.92 Å². The quantitative estimate of drug-likeness (QED) is 0.662. The normalized spacial score (nSPS) is 12.0. The molecule has 2 aromatic rings. The highest BCUT2D eigenvalue weighted by Crippen LogP contribution is 2.27. The van der Waals surface area contributed by atoms with Crippen LogP contribution in [0.1, 0.15) is 30.9 Å². The number of ether oxygens (including phenoxy) is 1. The predicted octanol–water partition coefficient (Wildman–Crippen LogP) is 4.26. The molecule has 0 heterocycles. The van der Waals surface area contributed by atoms with Crippen molar-refractivity contribution in [2.24, 2.45) is 0 Å². The lowest BCUT2D eigenvalue weighted by Gasteiger charge is -2.26. The van der Waals surface area contributed by atoms with Crippen LogP contribution < -0.4 is 4.74 Å². The molecule has 0 atom stereocenters. The number of hydrogen-bond acceptors (Lipinski definition) is 3. The molecule has 25 heavy (non-hydrogen) atoms. The summed E-state index contributed by atoms with van der Waals surface area (Å²) in [6, 6.07) is 17.2. The van der Waals surface area contributed by atoms with Crippen molar-refractivity contribution in [1.82, 2.24) is 4.31 Å². The van der Waals surface area contributed by atoms with Crippen molar-refractivity contribution in [3.05, 3.63) is 65.7 Å².